The highest BCUT2D eigenvalue weighted by Crippen LogP contribution is 2.32. The van der Waals surface area contributed by atoms with Gasteiger partial charge in [0.25, 0.3) is 0 Å². The maximum absolute atomic E-state index is 5.08. The minimum Gasteiger partial charge on any atom is -0.344 e. The maximum atomic E-state index is 5.08. The molecule has 1 atom stereocenters. The molecule has 0 amide bonds. The van der Waals surface area contributed by atoms with E-state index in [0.29, 0.717) is 0 Å². The van der Waals surface area contributed by atoms with Crippen LogP contribution in [0.2, 0.25) is 0 Å². The minimum absolute atomic E-state index is 0.277. The van der Waals surface area contributed by atoms with Crippen LogP contribution in [0, 0.1) is 0 Å². The predicted octanol–water partition coefficient (Wildman–Crippen LogP) is 10.1. The fourth-order valence-corrected chi connectivity index (χ4v) is 6.68. The van der Waals surface area contributed by atoms with Gasteiger partial charge in [-0.2, -0.15) is 0 Å². The standard InChI is InChI=1S/C43H30N4/c1-2-11-31(12-3-1)41-44-42(32-21-18-30(19-22-32)35-23-20-29-10-4-5-13-34(29)28-35)46-43(45-41)33-24-26-36(27-25-33)47-39-16-8-6-14-37(39)38-15-7-9-17-40(38)47/h1-28,42H,(H,44,45,46). The molecule has 0 bridgehead atoms. The van der Waals surface area contributed by atoms with Crippen molar-refractivity contribution in [1.29, 1.82) is 0 Å². The molecule has 1 aromatic heterocycles. The van der Waals surface area contributed by atoms with E-state index in [1.54, 1.807) is 0 Å². The van der Waals surface area contributed by atoms with Crippen LogP contribution >= 0.6 is 0 Å². The van der Waals surface area contributed by atoms with Gasteiger partial charge in [-0.25, -0.2) is 9.98 Å². The number of hydrogen-bond acceptors (Lipinski definition) is 3. The summed E-state index contributed by atoms with van der Waals surface area (Å²) in [5.74, 6) is 1.52. The number of benzene rings is 7. The fraction of sp³-hybridized carbons (Fsp3) is 0.0233. The van der Waals surface area contributed by atoms with Crippen molar-refractivity contribution in [1.82, 2.24) is 9.88 Å². The molecular weight excluding hydrogens is 573 g/mol. The molecule has 0 fully saturated rings. The van der Waals surface area contributed by atoms with Gasteiger partial charge in [0.15, 0.2) is 5.84 Å². The first kappa shape index (κ1) is 27.1. The van der Waals surface area contributed by atoms with Crippen LogP contribution < -0.4 is 5.32 Å². The number of hydrogen-bond donors (Lipinski definition) is 1. The van der Waals surface area contributed by atoms with E-state index in [1.165, 1.54) is 43.7 Å². The number of fused-ring (bicyclic) bond motifs is 4. The summed E-state index contributed by atoms with van der Waals surface area (Å²) in [7, 11) is 0. The Morgan fingerprint density at radius 1 is 0.468 bits per heavy atom. The molecule has 2 heterocycles. The first-order chi connectivity index (χ1) is 23.3. The molecule has 47 heavy (non-hydrogen) atoms. The molecule has 0 saturated heterocycles. The Bertz CT molecular complexity index is 2420. The first-order valence-corrected chi connectivity index (χ1v) is 16.0. The van der Waals surface area contributed by atoms with E-state index in [2.05, 4.69) is 162 Å². The quantitative estimate of drug-likeness (QED) is 0.209. The van der Waals surface area contributed by atoms with E-state index in [4.69, 9.17) is 9.98 Å². The molecule has 9 rings (SSSR count). The van der Waals surface area contributed by atoms with Crippen LogP contribution in [0.1, 0.15) is 22.9 Å². The topological polar surface area (TPSA) is 41.7 Å². The molecule has 0 aliphatic carbocycles. The van der Waals surface area contributed by atoms with Gasteiger partial charge in [-0.15, -0.1) is 0 Å². The predicted molar refractivity (Wildman–Crippen MR) is 196 cm³/mol. The highest BCUT2D eigenvalue weighted by Gasteiger charge is 2.21. The molecule has 4 nitrogen and oxygen atoms in total. The second-order valence-corrected chi connectivity index (χ2v) is 11.9. The van der Waals surface area contributed by atoms with Crippen LogP contribution in [0.5, 0.6) is 0 Å². The third-order valence-electron chi connectivity index (χ3n) is 9.06. The van der Waals surface area contributed by atoms with Crippen molar-refractivity contribution in [2.75, 3.05) is 0 Å². The van der Waals surface area contributed by atoms with Gasteiger partial charge in [-0.3, -0.25) is 0 Å². The minimum atomic E-state index is -0.277. The second kappa shape index (κ2) is 11.3. The first-order valence-electron chi connectivity index (χ1n) is 16.0. The monoisotopic (exact) mass is 602 g/mol. The molecular formula is C43H30N4. The maximum Gasteiger partial charge on any atom is 0.159 e. The molecule has 7 aromatic carbocycles. The van der Waals surface area contributed by atoms with Crippen LogP contribution in [-0.2, 0) is 0 Å². The van der Waals surface area contributed by atoms with Crippen molar-refractivity contribution in [2.45, 2.75) is 6.17 Å². The van der Waals surface area contributed by atoms with E-state index < -0.39 is 0 Å². The fourth-order valence-electron chi connectivity index (χ4n) is 6.68. The smallest absolute Gasteiger partial charge is 0.159 e. The number of para-hydroxylation sites is 2. The average Bonchev–Trinajstić information content (AvgIpc) is 3.49. The van der Waals surface area contributed by atoms with Crippen molar-refractivity contribution < 1.29 is 0 Å². The third-order valence-corrected chi connectivity index (χ3v) is 9.06. The molecule has 222 valence electrons. The van der Waals surface area contributed by atoms with Gasteiger partial charge in [0.2, 0.25) is 0 Å². The summed E-state index contributed by atoms with van der Waals surface area (Å²) in [4.78, 5) is 10.1. The highest BCUT2D eigenvalue weighted by atomic mass is 15.2. The van der Waals surface area contributed by atoms with Crippen molar-refractivity contribution in [3.63, 3.8) is 0 Å². The number of rotatable bonds is 5. The molecule has 1 aliphatic rings. The Balaban J connectivity index is 1.06. The van der Waals surface area contributed by atoms with Crippen molar-refractivity contribution in [2.24, 2.45) is 9.98 Å². The van der Waals surface area contributed by atoms with Gasteiger partial charge in [0, 0.05) is 27.6 Å². The number of amidine groups is 2. The number of nitrogens with zero attached hydrogens (tertiary/aromatic N) is 3. The molecule has 0 spiro atoms. The van der Waals surface area contributed by atoms with Crippen LogP contribution in [0.4, 0.5) is 0 Å². The summed E-state index contributed by atoms with van der Waals surface area (Å²) in [6.45, 7) is 0. The zero-order valence-corrected chi connectivity index (χ0v) is 25.6. The lowest BCUT2D eigenvalue weighted by molar-refractivity contribution is 0.674. The number of nitrogens with one attached hydrogen (secondary N) is 1. The summed E-state index contributed by atoms with van der Waals surface area (Å²) < 4.78 is 2.33. The summed E-state index contributed by atoms with van der Waals surface area (Å²) in [6, 6.07) is 59.9. The third kappa shape index (κ3) is 4.88. The largest absolute Gasteiger partial charge is 0.344 e. The summed E-state index contributed by atoms with van der Waals surface area (Å²) in [5, 5.41) is 8.63. The number of aromatic nitrogens is 1. The highest BCUT2D eigenvalue weighted by molar-refractivity contribution is 6.13. The zero-order valence-electron chi connectivity index (χ0n) is 25.6. The van der Waals surface area contributed by atoms with Gasteiger partial charge in [-0.05, 0) is 69.9 Å². The van der Waals surface area contributed by atoms with Crippen LogP contribution in [0.15, 0.2) is 180 Å². The molecule has 1 aliphatic heterocycles. The lowest BCUT2D eigenvalue weighted by Crippen LogP contribution is -2.33. The van der Waals surface area contributed by atoms with Crippen molar-refractivity contribution >= 4 is 44.2 Å². The lowest BCUT2D eigenvalue weighted by Gasteiger charge is -2.24. The van der Waals surface area contributed by atoms with Crippen LogP contribution in [0.25, 0.3) is 49.4 Å². The SMILES string of the molecule is c1ccc(C2=NC(c3ccc(-c4ccc5ccccc5c4)cc3)NC(c3ccc(-n4c5ccccc5c5ccccc54)cc3)=N2)cc1. The van der Waals surface area contributed by atoms with Crippen LogP contribution in [0.3, 0.4) is 0 Å². The average molecular weight is 603 g/mol. The van der Waals surface area contributed by atoms with Crippen LogP contribution in [-0.4, -0.2) is 16.2 Å². The Hall–Kier alpha value is -6.26. The Morgan fingerprint density at radius 2 is 1.06 bits per heavy atom. The molecule has 0 saturated carbocycles. The number of aliphatic imine (C=N–C) groups is 2. The summed E-state index contributed by atoms with van der Waals surface area (Å²) >= 11 is 0. The van der Waals surface area contributed by atoms with E-state index in [1.807, 2.05) is 18.2 Å². The Labute approximate surface area is 273 Å². The second-order valence-electron chi connectivity index (χ2n) is 11.9. The normalized spacial score (nSPS) is 14.6. The van der Waals surface area contributed by atoms with Crippen molar-refractivity contribution in [3.05, 3.63) is 187 Å². The Morgan fingerprint density at radius 3 is 1.79 bits per heavy atom. The Kier molecular flexibility index (Phi) is 6.50. The van der Waals surface area contributed by atoms with E-state index >= 15 is 0 Å². The summed E-state index contributed by atoms with van der Waals surface area (Å²) in [6.07, 6.45) is -0.277. The van der Waals surface area contributed by atoms with Gasteiger partial charge in [0.1, 0.15) is 12.0 Å². The lowest BCUT2D eigenvalue weighted by atomic mass is 9.99. The van der Waals surface area contributed by atoms with E-state index in [0.717, 1.165) is 34.0 Å². The van der Waals surface area contributed by atoms with Gasteiger partial charge in [0.05, 0.1) is 11.0 Å². The van der Waals surface area contributed by atoms with E-state index in [-0.39, 0.29) is 6.17 Å². The molecule has 1 unspecified atom stereocenters. The molecule has 4 heteroatoms. The molecule has 8 aromatic rings. The zero-order chi connectivity index (χ0) is 31.2. The van der Waals surface area contributed by atoms with Gasteiger partial charge in [-0.1, -0.05) is 127 Å². The molecule has 1 N–H and O–H groups in total. The molecule has 0 radical (unpaired) electrons. The van der Waals surface area contributed by atoms with Crippen molar-refractivity contribution in [3.8, 4) is 16.8 Å². The summed E-state index contributed by atoms with van der Waals surface area (Å²) in [5.41, 5.74) is 8.96. The van der Waals surface area contributed by atoms with E-state index in [9.17, 15) is 0 Å². The van der Waals surface area contributed by atoms with Gasteiger partial charge < -0.3 is 9.88 Å². The van der Waals surface area contributed by atoms with Gasteiger partial charge >= 0.3 is 0 Å².